The third-order valence-corrected chi connectivity index (χ3v) is 21.6. The van der Waals surface area contributed by atoms with Gasteiger partial charge in [-0.15, -0.1) is 0 Å². The maximum absolute atomic E-state index is 7.77. The Bertz CT molecular complexity index is 2240. The Kier molecular flexibility index (Phi) is 9.97. The van der Waals surface area contributed by atoms with Gasteiger partial charge in [0.05, 0.1) is 0 Å². The van der Waals surface area contributed by atoms with Gasteiger partial charge < -0.3 is 0 Å². The first-order valence-electron chi connectivity index (χ1n) is 18.9. The predicted molar refractivity (Wildman–Crippen MR) is 226 cm³/mol. The Labute approximate surface area is 335 Å². The van der Waals surface area contributed by atoms with Gasteiger partial charge in [0, 0.05) is 0 Å². The van der Waals surface area contributed by atoms with Crippen molar-refractivity contribution >= 4 is 40.9 Å². The van der Waals surface area contributed by atoms with Gasteiger partial charge in [-0.1, -0.05) is 0 Å². The average molecular weight is 836 g/mol. The minimum absolute atomic E-state index is 0.245. The molecule has 0 radical (unpaired) electrons. The second-order valence-electron chi connectivity index (χ2n) is 14.9. The van der Waals surface area contributed by atoms with Crippen LogP contribution < -0.4 is 15.6 Å². The molecule has 1 unspecified atom stereocenters. The zero-order chi connectivity index (χ0) is 36.7. The number of hydrogen-bond donors (Lipinski definition) is 0. The second-order valence-corrected chi connectivity index (χ2v) is 27.2. The SMILES string of the molecule is CC(CC[CH](O[Si](c1ccccc1)(c1ccccc1)c1ccccc1)[Zr]([Cl])[Cl])(c1cccc2c1Cc1ccccc1-2)c1cccc2c1Cc1ccccc1-2. The summed E-state index contributed by atoms with van der Waals surface area (Å²) in [6.07, 6.45) is 3.48. The number of fused-ring (bicyclic) bond motifs is 6. The molecular weight excluding hydrogens is 795 g/mol. The molecule has 0 spiro atoms. The molecule has 0 aliphatic heterocycles. The van der Waals surface area contributed by atoms with Crippen LogP contribution in [-0.4, -0.2) is 12.1 Å². The summed E-state index contributed by atoms with van der Waals surface area (Å²) in [5.41, 5.74) is 13.5. The molecule has 0 fully saturated rings. The fourth-order valence-corrected chi connectivity index (χ4v) is 19.1. The van der Waals surface area contributed by atoms with E-state index in [2.05, 4.69) is 183 Å². The fourth-order valence-electron chi connectivity index (χ4n) is 9.33. The van der Waals surface area contributed by atoms with E-state index in [-0.39, 0.29) is 9.23 Å². The molecule has 5 heteroatoms. The number of benzene rings is 7. The predicted octanol–water partition coefficient (Wildman–Crippen LogP) is 10.9. The molecule has 7 aromatic carbocycles. The summed E-state index contributed by atoms with van der Waals surface area (Å²) in [6.45, 7) is 2.48. The molecule has 0 heterocycles. The van der Waals surface area contributed by atoms with E-state index in [4.69, 9.17) is 21.5 Å². The summed E-state index contributed by atoms with van der Waals surface area (Å²) < 4.78 is 7.53. The van der Waals surface area contributed by atoms with Crippen LogP contribution in [0, 0.1) is 0 Å². The van der Waals surface area contributed by atoms with Crippen LogP contribution in [0.3, 0.4) is 0 Å². The van der Waals surface area contributed by atoms with Crippen molar-refractivity contribution in [3.63, 3.8) is 0 Å². The van der Waals surface area contributed by atoms with Gasteiger partial charge >= 0.3 is 338 Å². The zero-order valence-electron chi connectivity index (χ0n) is 30.3. The Morgan fingerprint density at radius 3 is 1.33 bits per heavy atom. The van der Waals surface area contributed by atoms with E-state index in [0.717, 1.165) is 25.7 Å². The van der Waals surface area contributed by atoms with Gasteiger partial charge in [0.25, 0.3) is 0 Å². The van der Waals surface area contributed by atoms with Crippen LogP contribution in [-0.2, 0) is 42.0 Å². The van der Waals surface area contributed by atoms with Crippen molar-refractivity contribution in [2.75, 3.05) is 0 Å². The van der Waals surface area contributed by atoms with Gasteiger partial charge in [0.15, 0.2) is 0 Å². The van der Waals surface area contributed by atoms with Crippen molar-refractivity contribution in [3.8, 4) is 22.3 Å². The molecule has 7 aromatic rings. The molecule has 0 aromatic heterocycles. The molecule has 9 rings (SSSR count). The molecule has 0 saturated heterocycles. The number of rotatable bonds is 11. The number of hydrogen-bond acceptors (Lipinski definition) is 1. The molecule has 0 bridgehead atoms. The van der Waals surface area contributed by atoms with Crippen molar-refractivity contribution in [2.45, 2.75) is 41.8 Å². The van der Waals surface area contributed by atoms with Crippen molar-refractivity contribution in [2.24, 2.45) is 0 Å². The van der Waals surface area contributed by atoms with Gasteiger partial charge in [-0.25, -0.2) is 0 Å². The average Bonchev–Trinajstić information content (AvgIpc) is 3.80. The molecule has 0 amide bonds. The topological polar surface area (TPSA) is 9.23 Å². The van der Waals surface area contributed by atoms with Crippen LogP contribution in [0.1, 0.15) is 53.1 Å². The standard InChI is InChI=1S/C49H41OSi.2ClH.Zr/c1-49(47-30-15-28-43-41-26-13-11-18-36(41)34-45(43)47,48-31-16-29-44-42-27-14-12-19-37(42)35-46(44)48)32-17-33-50-51(38-20-5-2-6-21-38,39-22-7-3-8-23-39)40-24-9-4-10-25-40;;;/h2-16,18-31,33H,17,32,34-35H2,1H3;2*1H;/q;;;+2/p-2. The summed E-state index contributed by atoms with van der Waals surface area (Å²) in [5.74, 6) is 0. The Morgan fingerprint density at radius 1 is 0.519 bits per heavy atom. The Hall–Kier alpha value is -3.82. The molecule has 0 saturated carbocycles. The minimum atomic E-state index is -3.10. The van der Waals surface area contributed by atoms with Crippen molar-refractivity contribution in [1.29, 1.82) is 0 Å². The van der Waals surface area contributed by atoms with Crippen LogP contribution >= 0.6 is 17.0 Å². The van der Waals surface area contributed by atoms with Crippen LogP contribution in [0.5, 0.6) is 0 Å². The van der Waals surface area contributed by atoms with E-state index in [1.807, 2.05) is 0 Å². The van der Waals surface area contributed by atoms with E-state index < -0.39 is 27.7 Å². The Balaban J connectivity index is 1.18. The fraction of sp³-hybridized carbons (Fsp3) is 0.143. The third kappa shape index (κ3) is 6.23. The quantitative estimate of drug-likeness (QED) is 0.0932. The van der Waals surface area contributed by atoms with E-state index in [1.165, 1.54) is 71.2 Å². The molecule has 1 nitrogen and oxygen atoms in total. The summed E-state index contributed by atoms with van der Waals surface area (Å²) in [6, 6.07) is 64.1. The van der Waals surface area contributed by atoms with Gasteiger partial charge in [-0.2, -0.15) is 0 Å². The molecular formula is C49H41Cl2OSiZr. The molecule has 2 aliphatic carbocycles. The van der Waals surface area contributed by atoms with Crippen LogP contribution in [0.25, 0.3) is 22.3 Å². The first kappa shape index (κ1) is 35.9. The normalized spacial score (nSPS) is 13.5. The van der Waals surface area contributed by atoms with Crippen molar-refractivity contribution < 1.29 is 23.8 Å². The molecule has 265 valence electrons. The third-order valence-electron chi connectivity index (χ3n) is 11.9. The second kappa shape index (κ2) is 15.0. The van der Waals surface area contributed by atoms with Gasteiger partial charge in [-0.05, 0) is 0 Å². The van der Waals surface area contributed by atoms with Crippen LogP contribution in [0.15, 0.2) is 176 Å². The summed E-state index contributed by atoms with van der Waals surface area (Å²) in [4.78, 5) is 0. The summed E-state index contributed by atoms with van der Waals surface area (Å²) in [7, 11) is 11.6. The number of halogens is 2. The summed E-state index contributed by atoms with van der Waals surface area (Å²) in [5, 5.41) is 3.60. The van der Waals surface area contributed by atoms with Gasteiger partial charge in [0.2, 0.25) is 0 Å². The molecule has 2 aliphatic rings. The summed E-state index contributed by atoms with van der Waals surface area (Å²) >= 11 is -3.10. The van der Waals surface area contributed by atoms with Gasteiger partial charge in [0.1, 0.15) is 0 Å². The molecule has 54 heavy (non-hydrogen) atoms. The Morgan fingerprint density at radius 2 is 0.907 bits per heavy atom. The van der Waals surface area contributed by atoms with E-state index in [0.29, 0.717) is 0 Å². The van der Waals surface area contributed by atoms with Gasteiger partial charge in [-0.3, -0.25) is 0 Å². The van der Waals surface area contributed by atoms with E-state index in [1.54, 1.807) is 0 Å². The van der Waals surface area contributed by atoms with Crippen LogP contribution in [0.4, 0.5) is 0 Å². The molecule has 1 atom stereocenters. The first-order valence-corrected chi connectivity index (χ1v) is 28.6. The molecule has 0 N–H and O–H groups in total. The van der Waals surface area contributed by atoms with Crippen molar-refractivity contribution in [1.82, 2.24) is 0 Å². The first-order chi connectivity index (χ1) is 26.5. The van der Waals surface area contributed by atoms with E-state index in [9.17, 15) is 0 Å². The monoisotopic (exact) mass is 833 g/mol. The van der Waals surface area contributed by atoms with Crippen molar-refractivity contribution in [3.05, 3.63) is 209 Å². The van der Waals surface area contributed by atoms with E-state index >= 15 is 0 Å². The zero-order valence-corrected chi connectivity index (χ0v) is 35.3. The maximum atomic E-state index is 7.77. The van der Waals surface area contributed by atoms with Crippen LogP contribution in [0.2, 0.25) is 0 Å².